The lowest BCUT2D eigenvalue weighted by Gasteiger charge is -2.27. The molecule has 1 saturated carbocycles. The van der Waals surface area contributed by atoms with Crippen LogP contribution in [-0.4, -0.2) is 12.1 Å². The molecule has 1 fully saturated rings. The fraction of sp³-hybridized carbons (Fsp3) is 0.500. The number of rotatable bonds is 2. The van der Waals surface area contributed by atoms with E-state index in [1.54, 1.807) is 24.3 Å². The summed E-state index contributed by atoms with van der Waals surface area (Å²) in [5.74, 6) is 0. The fourth-order valence-electron chi connectivity index (χ4n) is 2.49. The molecule has 0 saturated heterocycles. The fourth-order valence-corrected chi connectivity index (χ4v) is 2.49. The maximum atomic E-state index is 11.9. The van der Waals surface area contributed by atoms with Crippen molar-refractivity contribution < 1.29 is 4.79 Å². The summed E-state index contributed by atoms with van der Waals surface area (Å²) in [6.07, 6.45) is 3.40. The number of anilines is 2. The molecule has 1 aliphatic rings. The van der Waals surface area contributed by atoms with E-state index < -0.39 is 0 Å². The Kier molecular flexibility index (Phi) is 3.45. The van der Waals surface area contributed by atoms with E-state index in [0.717, 1.165) is 12.1 Å². The number of amides is 2. The quantitative estimate of drug-likeness (QED) is 0.703. The smallest absolute Gasteiger partial charge is 0.319 e. The van der Waals surface area contributed by atoms with Crippen LogP contribution in [-0.2, 0) is 0 Å². The Balaban J connectivity index is 1.91. The number of benzene rings is 1. The molecule has 1 atom stereocenters. The molecular formula is C14H21N3O. The number of nitrogen functional groups attached to an aromatic ring is 1. The average Bonchev–Trinajstić information content (AvgIpc) is 2.62. The van der Waals surface area contributed by atoms with E-state index in [9.17, 15) is 4.79 Å². The molecule has 2 amide bonds. The third-order valence-corrected chi connectivity index (χ3v) is 3.73. The van der Waals surface area contributed by atoms with Crippen LogP contribution in [0, 0.1) is 5.41 Å². The minimum atomic E-state index is -0.139. The summed E-state index contributed by atoms with van der Waals surface area (Å²) in [4.78, 5) is 11.9. The highest BCUT2D eigenvalue weighted by Gasteiger charge is 2.35. The van der Waals surface area contributed by atoms with Crippen LogP contribution in [0.15, 0.2) is 24.3 Å². The Labute approximate surface area is 108 Å². The molecule has 0 spiro atoms. The molecule has 4 N–H and O–H groups in total. The number of hydrogen-bond donors (Lipinski definition) is 3. The Bertz CT molecular complexity index is 425. The molecule has 0 aromatic heterocycles. The molecule has 1 aromatic rings. The van der Waals surface area contributed by atoms with E-state index >= 15 is 0 Å². The van der Waals surface area contributed by atoms with Gasteiger partial charge in [-0.2, -0.15) is 0 Å². The Morgan fingerprint density at radius 1 is 1.33 bits per heavy atom. The van der Waals surface area contributed by atoms with Crippen molar-refractivity contribution >= 4 is 17.4 Å². The molecule has 4 heteroatoms. The summed E-state index contributed by atoms with van der Waals surface area (Å²) in [6.45, 7) is 4.41. The van der Waals surface area contributed by atoms with Gasteiger partial charge in [0.15, 0.2) is 0 Å². The zero-order valence-corrected chi connectivity index (χ0v) is 11.0. The molecule has 0 heterocycles. The van der Waals surface area contributed by atoms with Gasteiger partial charge in [-0.1, -0.05) is 20.3 Å². The molecule has 1 aromatic carbocycles. The van der Waals surface area contributed by atoms with Crippen LogP contribution >= 0.6 is 0 Å². The number of hydrogen-bond acceptors (Lipinski definition) is 2. The lowest BCUT2D eigenvalue weighted by atomic mass is 9.87. The molecule has 98 valence electrons. The summed E-state index contributed by atoms with van der Waals surface area (Å²) in [6, 6.07) is 7.26. The third-order valence-electron chi connectivity index (χ3n) is 3.73. The molecule has 0 aliphatic heterocycles. The van der Waals surface area contributed by atoms with E-state index in [1.807, 2.05) is 0 Å². The molecular weight excluding hydrogens is 226 g/mol. The molecule has 1 aliphatic carbocycles. The Morgan fingerprint density at radius 3 is 2.56 bits per heavy atom. The molecule has 2 rings (SSSR count). The molecule has 4 nitrogen and oxygen atoms in total. The van der Waals surface area contributed by atoms with Crippen LogP contribution in [0.25, 0.3) is 0 Å². The monoisotopic (exact) mass is 247 g/mol. The van der Waals surface area contributed by atoms with Crippen LogP contribution in [0.1, 0.15) is 33.1 Å². The van der Waals surface area contributed by atoms with Gasteiger partial charge in [-0.3, -0.25) is 0 Å². The average molecular weight is 247 g/mol. The summed E-state index contributed by atoms with van der Waals surface area (Å²) >= 11 is 0. The third kappa shape index (κ3) is 2.94. The second-order valence-corrected chi connectivity index (χ2v) is 5.65. The van der Waals surface area contributed by atoms with Crippen molar-refractivity contribution in [1.29, 1.82) is 0 Å². The van der Waals surface area contributed by atoms with Crippen molar-refractivity contribution in [2.45, 2.75) is 39.2 Å². The topological polar surface area (TPSA) is 67.2 Å². The number of carbonyl (C=O) groups excluding carboxylic acids is 1. The van der Waals surface area contributed by atoms with Crippen molar-refractivity contribution in [2.24, 2.45) is 5.41 Å². The van der Waals surface area contributed by atoms with E-state index in [2.05, 4.69) is 24.5 Å². The molecule has 18 heavy (non-hydrogen) atoms. The van der Waals surface area contributed by atoms with E-state index in [-0.39, 0.29) is 17.5 Å². The minimum Gasteiger partial charge on any atom is -0.399 e. The van der Waals surface area contributed by atoms with Gasteiger partial charge in [0, 0.05) is 17.4 Å². The van der Waals surface area contributed by atoms with Crippen molar-refractivity contribution in [3.05, 3.63) is 24.3 Å². The summed E-state index contributed by atoms with van der Waals surface area (Å²) < 4.78 is 0. The second-order valence-electron chi connectivity index (χ2n) is 5.65. The first-order valence-corrected chi connectivity index (χ1v) is 6.40. The lowest BCUT2D eigenvalue weighted by molar-refractivity contribution is 0.233. The van der Waals surface area contributed by atoms with Gasteiger partial charge in [-0.05, 0) is 42.5 Å². The molecule has 0 radical (unpaired) electrons. The van der Waals surface area contributed by atoms with Crippen LogP contribution in [0.3, 0.4) is 0 Å². The normalized spacial score (nSPS) is 21.6. The zero-order chi connectivity index (χ0) is 13.2. The number of nitrogens with one attached hydrogen (secondary N) is 2. The van der Waals surface area contributed by atoms with Gasteiger partial charge in [0.2, 0.25) is 0 Å². The Morgan fingerprint density at radius 2 is 2.00 bits per heavy atom. The maximum absolute atomic E-state index is 11.9. The lowest BCUT2D eigenvalue weighted by Crippen LogP contribution is -2.43. The summed E-state index contributed by atoms with van der Waals surface area (Å²) in [5, 5.41) is 5.88. The predicted octanol–water partition coefficient (Wildman–Crippen LogP) is 2.97. The highest BCUT2D eigenvalue weighted by molar-refractivity contribution is 5.89. The van der Waals surface area contributed by atoms with Crippen LogP contribution in [0.2, 0.25) is 0 Å². The zero-order valence-electron chi connectivity index (χ0n) is 11.0. The van der Waals surface area contributed by atoms with E-state index in [1.165, 1.54) is 12.8 Å². The molecule has 1 unspecified atom stereocenters. The van der Waals surface area contributed by atoms with E-state index in [0.29, 0.717) is 5.69 Å². The molecule has 0 bridgehead atoms. The number of carbonyl (C=O) groups is 1. The maximum Gasteiger partial charge on any atom is 0.319 e. The SMILES string of the molecule is CC1(C)CCCC1NC(=O)Nc1ccc(N)cc1. The van der Waals surface area contributed by atoms with Gasteiger partial charge in [-0.25, -0.2) is 4.79 Å². The number of urea groups is 1. The Hall–Kier alpha value is -1.71. The van der Waals surface area contributed by atoms with Gasteiger partial charge in [0.05, 0.1) is 0 Å². The van der Waals surface area contributed by atoms with Gasteiger partial charge in [0.1, 0.15) is 0 Å². The van der Waals surface area contributed by atoms with Gasteiger partial charge < -0.3 is 16.4 Å². The van der Waals surface area contributed by atoms with Crippen LogP contribution in [0.4, 0.5) is 16.2 Å². The highest BCUT2D eigenvalue weighted by atomic mass is 16.2. The van der Waals surface area contributed by atoms with Crippen molar-refractivity contribution in [3.63, 3.8) is 0 Å². The largest absolute Gasteiger partial charge is 0.399 e. The predicted molar refractivity (Wildman–Crippen MR) is 74.4 cm³/mol. The standard InChI is InChI=1S/C14H21N3O/c1-14(2)9-3-4-12(14)17-13(18)16-11-7-5-10(15)6-8-11/h5-8,12H,3-4,9,15H2,1-2H3,(H2,16,17,18). The summed E-state index contributed by atoms with van der Waals surface area (Å²) in [7, 11) is 0. The first-order valence-electron chi connectivity index (χ1n) is 6.40. The summed E-state index contributed by atoms with van der Waals surface area (Å²) in [5.41, 5.74) is 7.24. The van der Waals surface area contributed by atoms with E-state index in [4.69, 9.17) is 5.73 Å². The van der Waals surface area contributed by atoms with Crippen molar-refractivity contribution in [2.75, 3.05) is 11.1 Å². The first kappa shape index (κ1) is 12.7. The first-order chi connectivity index (χ1) is 8.47. The van der Waals surface area contributed by atoms with Gasteiger partial charge in [-0.15, -0.1) is 0 Å². The highest BCUT2D eigenvalue weighted by Crippen LogP contribution is 2.37. The van der Waals surface area contributed by atoms with Crippen LogP contribution < -0.4 is 16.4 Å². The van der Waals surface area contributed by atoms with Crippen molar-refractivity contribution in [3.8, 4) is 0 Å². The second kappa shape index (κ2) is 4.88. The minimum absolute atomic E-state index is 0.139. The van der Waals surface area contributed by atoms with Gasteiger partial charge in [0.25, 0.3) is 0 Å². The van der Waals surface area contributed by atoms with Crippen molar-refractivity contribution in [1.82, 2.24) is 5.32 Å². The van der Waals surface area contributed by atoms with Crippen LogP contribution in [0.5, 0.6) is 0 Å². The number of nitrogens with two attached hydrogens (primary N) is 1. The van der Waals surface area contributed by atoms with Gasteiger partial charge >= 0.3 is 6.03 Å².